The topological polar surface area (TPSA) is 66.8 Å². The van der Waals surface area contributed by atoms with Gasteiger partial charge in [-0.1, -0.05) is 29.8 Å². The lowest BCUT2D eigenvalue weighted by atomic mass is 9.95. The first-order valence-corrected chi connectivity index (χ1v) is 6.91. The molecule has 4 nitrogen and oxygen atoms in total. The molecule has 1 unspecified atom stereocenters. The number of aliphatic hydroxyl groups excluding tert-OH is 1. The molecule has 0 bridgehead atoms. The van der Waals surface area contributed by atoms with Gasteiger partial charge in [0.25, 0.3) is 0 Å². The molecule has 0 saturated heterocycles. The zero-order valence-electron chi connectivity index (χ0n) is 11.0. The number of rotatable bonds is 3. The van der Waals surface area contributed by atoms with Crippen LogP contribution < -0.4 is 4.74 Å². The van der Waals surface area contributed by atoms with Gasteiger partial charge in [-0.15, -0.1) is 0 Å². The molecule has 0 saturated carbocycles. The van der Waals surface area contributed by atoms with Crippen molar-refractivity contribution in [2.45, 2.75) is 12.5 Å². The summed E-state index contributed by atoms with van der Waals surface area (Å²) in [6.45, 7) is 0.538. The molecular formula is C16H13ClO4. The second-order valence-electron chi connectivity index (χ2n) is 4.88. The highest BCUT2D eigenvalue weighted by molar-refractivity contribution is 6.30. The monoisotopic (exact) mass is 304 g/mol. The molecule has 2 aromatic carbocycles. The van der Waals surface area contributed by atoms with Crippen LogP contribution in [0, 0.1) is 0 Å². The van der Waals surface area contributed by atoms with Gasteiger partial charge in [0.05, 0.1) is 12.2 Å². The molecule has 3 rings (SSSR count). The summed E-state index contributed by atoms with van der Waals surface area (Å²) in [6.07, 6.45) is -0.362. The fourth-order valence-corrected chi connectivity index (χ4v) is 2.85. The third kappa shape index (κ3) is 2.48. The Kier molecular flexibility index (Phi) is 3.57. The molecule has 1 aliphatic rings. The summed E-state index contributed by atoms with van der Waals surface area (Å²) in [7, 11) is 0. The minimum Gasteiger partial charge on any atom is -0.493 e. The van der Waals surface area contributed by atoms with E-state index in [0.29, 0.717) is 28.5 Å². The summed E-state index contributed by atoms with van der Waals surface area (Å²) in [5, 5.41) is 20.4. The van der Waals surface area contributed by atoms with Crippen LogP contribution in [-0.4, -0.2) is 22.8 Å². The molecular weight excluding hydrogens is 292 g/mol. The average molecular weight is 305 g/mol. The van der Waals surface area contributed by atoms with Gasteiger partial charge in [0.2, 0.25) is 0 Å². The number of benzene rings is 2. The molecule has 108 valence electrons. The Bertz CT molecular complexity index is 711. The number of carboxylic acids is 1. The normalized spacial score (nSPS) is 14.4. The Morgan fingerprint density at radius 3 is 2.76 bits per heavy atom. The molecule has 0 amide bonds. The number of fused-ring (bicyclic) bond motifs is 1. The number of halogens is 1. The van der Waals surface area contributed by atoms with Gasteiger partial charge in [0, 0.05) is 17.0 Å². The molecule has 0 spiro atoms. The zero-order chi connectivity index (χ0) is 15.0. The lowest BCUT2D eigenvalue weighted by Gasteiger charge is -2.17. The number of hydrogen-bond acceptors (Lipinski definition) is 3. The number of hydrogen-bond donors (Lipinski definition) is 2. The van der Waals surface area contributed by atoms with Gasteiger partial charge >= 0.3 is 5.97 Å². The van der Waals surface area contributed by atoms with Crippen molar-refractivity contribution in [3.05, 3.63) is 63.7 Å². The molecule has 0 aliphatic carbocycles. The number of carbonyl (C=O) groups is 1. The van der Waals surface area contributed by atoms with Crippen molar-refractivity contribution < 1.29 is 19.7 Å². The fourth-order valence-electron chi connectivity index (χ4n) is 2.60. The lowest BCUT2D eigenvalue weighted by Crippen LogP contribution is -2.09. The highest BCUT2D eigenvalue weighted by atomic mass is 35.5. The Labute approximate surface area is 126 Å². The van der Waals surface area contributed by atoms with Gasteiger partial charge in [-0.2, -0.15) is 0 Å². The van der Waals surface area contributed by atoms with Gasteiger partial charge in [-0.05, 0) is 29.3 Å². The molecule has 5 heteroatoms. The third-order valence-corrected chi connectivity index (χ3v) is 3.78. The van der Waals surface area contributed by atoms with E-state index in [-0.39, 0.29) is 5.56 Å². The van der Waals surface area contributed by atoms with Gasteiger partial charge in [0.1, 0.15) is 11.9 Å². The Morgan fingerprint density at radius 2 is 2.00 bits per heavy atom. The lowest BCUT2D eigenvalue weighted by molar-refractivity contribution is 0.0691. The number of aromatic carboxylic acids is 1. The summed E-state index contributed by atoms with van der Waals surface area (Å²) in [6, 6.07) is 9.80. The standard InChI is InChI=1S/C16H13ClO4/c17-10-7-9-5-6-21-15(9)13(8-10)14(18)11-3-1-2-4-12(11)16(19)20/h1-4,7-8,14,18H,5-6H2,(H,19,20). The van der Waals surface area contributed by atoms with Crippen LogP contribution in [-0.2, 0) is 6.42 Å². The van der Waals surface area contributed by atoms with E-state index in [0.717, 1.165) is 12.0 Å². The smallest absolute Gasteiger partial charge is 0.336 e. The molecule has 1 aliphatic heterocycles. The number of carboxylic acid groups (broad SMARTS) is 1. The van der Waals surface area contributed by atoms with E-state index in [1.807, 2.05) is 6.07 Å². The fraction of sp³-hybridized carbons (Fsp3) is 0.188. The Morgan fingerprint density at radius 1 is 1.24 bits per heavy atom. The van der Waals surface area contributed by atoms with Crippen LogP contribution >= 0.6 is 11.6 Å². The second-order valence-corrected chi connectivity index (χ2v) is 5.31. The molecule has 2 aromatic rings. The molecule has 0 fully saturated rings. The maximum atomic E-state index is 11.3. The van der Waals surface area contributed by atoms with Crippen LogP contribution in [0.2, 0.25) is 5.02 Å². The van der Waals surface area contributed by atoms with Crippen molar-refractivity contribution >= 4 is 17.6 Å². The van der Waals surface area contributed by atoms with Gasteiger partial charge in [-0.25, -0.2) is 4.79 Å². The maximum Gasteiger partial charge on any atom is 0.336 e. The van der Waals surface area contributed by atoms with Gasteiger partial charge in [-0.3, -0.25) is 0 Å². The van der Waals surface area contributed by atoms with Crippen LogP contribution in [0.3, 0.4) is 0 Å². The maximum absolute atomic E-state index is 11.3. The molecule has 0 radical (unpaired) electrons. The van der Waals surface area contributed by atoms with E-state index in [1.165, 1.54) is 6.07 Å². The first-order chi connectivity index (χ1) is 10.1. The van der Waals surface area contributed by atoms with E-state index in [4.69, 9.17) is 16.3 Å². The van der Waals surface area contributed by atoms with Crippen molar-refractivity contribution in [3.63, 3.8) is 0 Å². The second kappa shape index (κ2) is 5.39. The SMILES string of the molecule is O=C(O)c1ccccc1C(O)c1cc(Cl)cc2c1OCC2. The average Bonchev–Trinajstić information content (AvgIpc) is 2.93. The van der Waals surface area contributed by atoms with Crippen molar-refractivity contribution in [2.75, 3.05) is 6.61 Å². The van der Waals surface area contributed by atoms with Crippen LogP contribution in [0.15, 0.2) is 36.4 Å². The first kappa shape index (κ1) is 13.9. The summed E-state index contributed by atoms with van der Waals surface area (Å²) in [5.74, 6) is -0.476. The van der Waals surface area contributed by atoms with Gasteiger partial charge < -0.3 is 14.9 Å². The van der Waals surface area contributed by atoms with E-state index in [9.17, 15) is 15.0 Å². The minimum atomic E-state index is -1.09. The summed E-state index contributed by atoms with van der Waals surface area (Å²) in [4.78, 5) is 11.3. The predicted octanol–water partition coefficient (Wildman–Crippen LogP) is 3.05. The summed E-state index contributed by atoms with van der Waals surface area (Å²) < 4.78 is 5.56. The number of ether oxygens (including phenoxy) is 1. The van der Waals surface area contributed by atoms with Crippen molar-refractivity contribution in [3.8, 4) is 5.75 Å². The number of aliphatic hydroxyl groups is 1. The van der Waals surface area contributed by atoms with Crippen LogP contribution in [0.25, 0.3) is 0 Å². The van der Waals surface area contributed by atoms with Crippen molar-refractivity contribution in [2.24, 2.45) is 0 Å². The molecule has 1 atom stereocenters. The molecule has 0 aromatic heterocycles. The van der Waals surface area contributed by atoms with Crippen LogP contribution in [0.4, 0.5) is 0 Å². The quantitative estimate of drug-likeness (QED) is 0.914. The molecule has 21 heavy (non-hydrogen) atoms. The summed E-state index contributed by atoms with van der Waals surface area (Å²) >= 11 is 6.08. The zero-order valence-corrected chi connectivity index (χ0v) is 11.8. The highest BCUT2D eigenvalue weighted by Crippen LogP contribution is 2.39. The Balaban J connectivity index is 2.12. The highest BCUT2D eigenvalue weighted by Gasteiger charge is 2.25. The van der Waals surface area contributed by atoms with E-state index < -0.39 is 12.1 Å². The Hall–Kier alpha value is -2.04. The van der Waals surface area contributed by atoms with E-state index in [2.05, 4.69) is 0 Å². The van der Waals surface area contributed by atoms with Crippen LogP contribution in [0.5, 0.6) is 5.75 Å². The van der Waals surface area contributed by atoms with Gasteiger partial charge in [0.15, 0.2) is 0 Å². The van der Waals surface area contributed by atoms with Crippen molar-refractivity contribution in [1.29, 1.82) is 0 Å². The third-order valence-electron chi connectivity index (χ3n) is 3.56. The van der Waals surface area contributed by atoms with Crippen LogP contribution in [0.1, 0.15) is 33.2 Å². The summed E-state index contributed by atoms with van der Waals surface area (Å²) in [5.41, 5.74) is 1.83. The molecule has 2 N–H and O–H groups in total. The van der Waals surface area contributed by atoms with E-state index in [1.54, 1.807) is 24.3 Å². The first-order valence-electron chi connectivity index (χ1n) is 6.53. The van der Waals surface area contributed by atoms with Crippen molar-refractivity contribution in [1.82, 2.24) is 0 Å². The van der Waals surface area contributed by atoms with E-state index >= 15 is 0 Å². The molecule has 1 heterocycles. The largest absolute Gasteiger partial charge is 0.493 e. The minimum absolute atomic E-state index is 0.0664. The predicted molar refractivity (Wildman–Crippen MR) is 78.1 cm³/mol.